The Morgan fingerprint density at radius 3 is 2.57 bits per heavy atom. The molecule has 0 radical (unpaired) electrons. The first-order valence-corrected chi connectivity index (χ1v) is 6.90. The summed E-state index contributed by atoms with van der Waals surface area (Å²) in [6, 6.07) is 14.8. The topological polar surface area (TPSA) is 81.2 Å². The van der Waals surface area contributed by atoms with Gasteiger partial charge in [-0.05, 0) is 24.0 Å². The molecular formula is C16H19N3O2. The van der Waals surface area contributed by atoms with E-state index in [1.54, 1.807) is 6.07 Å². The van der Waals surface area contributed by atoms with Crippen LogP contribution < -0.4 is 11.1 Å². The smallest absolute Gasteiger partial charge is 0.271 e. The quantitative estimate of drug-likeness (QED) is 0.480. The largest absolute Gasteiger partial charge is 0.397 e. The molecule has 0 saturated carbocycles. The fraction of sp³-hybridized carbons (Fsp3) is 0.250. The van der Waals surface area contributed by atoms with Crippen LogP contribution in [0.25, 0.3) is 0 Å². The number of nitrogens with zero attached hydrogens (tertiary/aromatic N) is 1. The molecule has 0 aliphatic heterocycles. The van der Waals surface area contributed by atoms with Crippen molar-refractivity contribution in [1.82, 2.24) is 0 Å². The van der Waals surface area contributed by atoms with Gasteiger partial charge in [-0.3, -0.25) is 10.1 Å². The average Bonchev–Trinajstić information content (AvgIpc) is 2.49. The summed E-state index contributed by atoms with van der Waals surface area (Å²) < 4.78 is 0. The first-order valence-electron chi connectivity index (χ1n) is 6.90. The number of hydrogen-bond donors (Lipinski definition) is 2. The van der Waals surface area contributed by atoms with Crippen molar-refractivity contribution in [2.24, 2.45) is 0 Å². The lowest BCUT2D eigenvalue weighted by atomic mass is 9.98. The van der Waals surface area contributed by atoms with Crippen LogP contribution in [-0.2, 0) is 0 Å². The predicted molar refractivity (Wildman–Crippen MR) is 85.5 cm³/mol. The third-order valence-electron chi connectivity index (χ3n) is 3.51. The normalized spacial score (nSPS) is 11.9. The number of nitrogens with one attached hydrogen (secondary N) is 1. The number of non-ortho nitro benzene ring substituents is 1. The highest BCUT2D eigenvalue weighted by Gasteiger charge is 2.09. The lowest BCUT2D eigenvalue weighted by Crippen LogP contribution is -2.07. The lowest BCUT2D eigenvalue weighted by molar-refractivity contribution is -0.384. The zero-order chi connectivity index (χ0) is 15.2. The van der Waals surface area contributed by atoms with Gasteiger partial charge in [-0.2, -0.15) is 0 Å². The summed E-state index contributed by atoms with van der Waals surface area (Å²) in [5.74, 6) is 0.443. The molecule has 0 heterocycles. The van der Waals surface area contributed by atoms with E-state index in [9.17, 15) is 10.1 Å². The van der Waals surface area contributed by atoms with Crippen LogP contribution in [0, 0.1) is 10.1 Å². The SMILES string of the molecule is CC(CCNc1ccc([N+](=O)[O-])cc1N)c1ccccc1. The molecule has 0 aliphatic carbocycles. The molecule has 0 amide bonds. The number of rotatable bonds is 6. The van der Waals surface area contributed by atoms with Crippen LogP contribution in [0.15, 0.2) is 48.5 Å². The third-order valence-corrected chi connectivity index (χ3v) is 3.51. The van der Waals surface area contributed by atoms with E-state index >= 15 is 0 Å². The Morgan fingerprint density at radius 2 is 1.95 bits per heavy atom. The summed E-state index contributed by atoms with van der Waals surface area (Å²) in [6.07, 6.45) is 0.959. The van der Waals surface area contributed by atoms with E-state index in [0.29, 0.717) is 11.6 Å². The number of hydrogen-bond acceptors (Lipinski definition) is 4. The number of nitro benzene ring substituents is 1. The summed E-state index contributed by atoms with van der Waals surface area (Å²) in [5, 5.41) is 13.9. The van der Waals surface area contributed by atoms with E-state index in [2.05, 4.69) is 24.4 Å². The summed E-state index contributed by atoms with van der Waals surface area (Å²) in [4.78, 5) is 10.2. The Kier molecular flexibility index (Phi) is 4.77. The van der Waals surface area contributed by atoms with Gasteiger partial charge in [-0.1, -0.05) is 37.3 Å². The van der Waals surface area contributed by atoms with Gasteiger partial charge in [0.05, 0.1) is 16.3 Å². The molecule has 5 nitrogen and oxygen atoms in total. The maximum absolute atomic E-state index is 10.7. The van der Waals surface area contributed by atoms with Gasteiger partial charge in [-0.15, -0.1) is 0 Å². The molecular weight excluding hydrogens is 266 g/mol. The van der Waals surface area contributed by atoms with Crippen LogP contribution in [0.3, 0.4) is 0 Å². The molecule has 5 heteroatoms. The molecule has 0 aliphatic rings. The fourth-order valence-corrected chi connectivity index (χ4v) is 2.20. The summed E-state index contributed by atoms with van der Waals surface area (Å²) in [5.41, 5.74) is 8.27. The third kappa shape index (κ3) is 3.95. The van der Waals surface area contributed by atoms with Crippen molar-refractivity contribution in [2.75, 3.05) is 17.6 Å². The molecule has 21 heavy (non-hydrogen) atoms. The molecule has 2 aromatic rings. The standard InChI is InChI=1S/C16H19N3O2/c1-12(13-5-3-2-4-6-13)9-10-18-16-8-7-14(19(20)21)11-15(16)17/h2-8,11-12,18H,9-10,17H2,1H3. The molecule has 1 unspecified atom stereocenters. The Hall–Kier alpha value is -2.56. The highest BCUT2D eigenvalue weighted by atomic mass is 16.6. The molecule has 0 fully saturated rings. The molecule has 0 bridgehead atoms. The van der Waals surface area contributed by atoms with Crippen molar-refractivity contribution in [3.8, 4) is 0 Å². The molecule has 1 atom stereocenters. The van der Waals surface area contributed by atoms with E-state index in [1.807, 2.05) is 18.2 Å². The van der Waals surface area contributed by atoms with Crippen molar-refractivity contribution >= 4 is 17.1 Å². The van der Waals surface area contributed by atoms with Crippen LogP contribution in [-0.4, -0.2) is 11.5 Å². The van der Waals surface area contributed by atoms with Crippen molar-refractivity contribution in [1.29, 1.82) is 0 Å². The minimum Gasteiger partial charge on any atom is -0.397 e. The van der Waals surface area contributed by atoms with Crippen LogP contribution in [0.4, 0.5) is 17.1 Å². The van der Waals surface area contributed by atoms with Gasteiger partial charge >= 0.3 is 0 Å². The van der Waals surface area contributed by atoms with Gasteiger partial charge in [-0.25, -0.2) is 0 Å². The molecule has 0 aromatic heterocycles. The zero-order valence-corrected chi connectivity index (χ0v) is 12.0. The Labute approximate surface area is 123 Å². The average molecular weight is 285 g/mol. The van der Waals surface area contributed by atoms with E-state index in [-0.39, 0.29) is 5.69 Å². The van der Waals surface area contributed by atoms with Crippen molar-refractivity contribution < 1.29 is 4.92 Å². The molecule has 0 saturated heterocycles. The maximum atomic E-state index is 10.7. The molecule has 2 aromatic carbocycles. The first kappa shape index (κ1) is 14.8. The van der Waals surface area contributed by atoms with Gasteiger partial charge < -0.3 is 11.1 Å². The van der Waals surface area contributed by atoms with Gasteiger partial charge in [0.25, 0.3) is 5.69 Å². The minimum atomic E-state index is -0.447. The van der Waals surface area contributed by atoms with Gasteiger partial charge in [0, 0.05) is 18.7 Å². The van der Waals surface area contributed by atoms with Gasteiger partial charge in [0.1, 0.15) is 0 Å². The van der Waals surface area contributed by atoms with Crippen LogP contribution >= 0.6 is 0 Å². The monoisotopic (exact) mass is 285 g/mol. The number of nitro groups is 1. The highest BCUT2D eigenvalue weighted by molar-refractivity contribution is 5.69. The van der Waals surface area contributed by atoms with Crippen molar-refractivity contribution in [2.45, 2.75) is 19.3 Å². The Balaban J connectivity index is 1.90. The highest BCUT2D eigenvalue weighted by Crippen LogP contribution is 2.25. The fourth-order valence-electron chi connectivity index (χ4n) is 2.20. The summed E-state index contributed by atoms with van der Waals surface area (Å²) >= 11 is 0. The van der Waals surface area contributed by atoms with Gasteiger partial charge in [0.15, 0.2) is 0 Å². The molecule has 0 spiro atoms. The second-order valence-electron chi connectivity index (χ2n) is 5.06. The molecule has 2 rings (SSSR count). The summed E-state index contributed by atoms with van der Waals surface area (Å²) in [6.45, 7) is 2.94. The van der Waals surface area contributed by atoms with Crippen molar-refractivity contribution in [3.63, 3.8) is 0 Å². The second-order valence-corrected chi connectivity index (χ2v) is 5.06. The van der Waals surface area contributed by atoms with Crippen LogP contribution in [0.5, 0.6) is 0 Å². The van der Waals surface area contributed by atoms with Crippen LogP contribution in [0.1, 0.15) is 24.8 Å². The Morgan fingerprint density at radius 1 is 1.24 bits per heavy atom. The van der Waals surface area contributed by atoms with Crippen LogP contribution in [0.2, 0.25) is 0 Å². The second kappa shape index (κ2) is 6.74. The lowest BCUT2D eigenvalue weighted by Gasteiger charge is -2.14. The molecule has 3 N–H and O–H groups in total. The van der Waals surface area contributed by atoms with E-state index in [1.165, 1.54) is 17.7 Å². The first-order chi connectivity index (χ1) is 10.1. The minimum absolute atomic E-state index is 0.00991. The maximum Gasteiger partial charge on any atom is 0.271 e. The number of anilines is 2. The van der Waals surface area contributed by atoms with E-state index in [4.69, 9.17) is 5.73 Å². The molecule has 110 valence electrons. The Bertz CT molecular complexity index is 614. The predicted octanol–water partition coefficient (Wildman–Crippen LogP) is 3.78. The van der Waals surface area contributed by atoms with E-state index in [0.717, 1.165) is 18.7 Å². The van der Waals surface area contributed by atoms with E-state index < -0.39 is 4.92 Å². The number of nitrogen functional groups attached to an aromatic ring is 1. The summed E-state index contributed by atoms with van der Waals surface area (Å²) in [7, 11) is 0. The number of benzene rings is 2. The van der Waals surface area contributed by atoms with Gasteiger partial charge in [0.2, 0.25) is 0 Å². The zero-order valence-electron chi connectivity index (χ0n) is 12.0. The number of nitrogens with two attached hydrogens (primary N) is 1. The van der Waals surface area contributed by atoms with Crippen molar-refractivity contribution in [3.05, 3.63) is 64.2 Å².